The molecular formula is C20H17FN4OS. The van der Waals surface area contributed by atoms with Crippen LogP contribution in [0.3, 0.4) is 0 Å². The Balaban J connectivity index is 1.21. The smallest absolute Gasteiger partial charge is 0.239 e. The van der Waals surface area contributed by atoms with E-state index in [0.29, 0.717) is 11.9 Å². The number of amides is 1. The van der Waals surface area contributed by atoms with E-state index in [1.807, 2.05) is 23.1 Å². The van der Waals surface area contributed by atoms with E-state index in [2.05, 4.69) is 21.4 Å². The van der Waals surface area contributed by atoms with Gasteiger partial charge in [-0.25, -0.2) is 14.4 Å². The normalized spacial score (nSPS) is 24.9. The largest absolute Gasteiger partial charge is 0.359 e. The first-order valence-corrected chi connectivity index (χ1v) is 10.1. The summed E-state index contributed by atoms with van der Waals surface area (Å²) in [6, 6.07) is 10.0. The van der Waals surface area contributed by atoms with Crippen LogP contribution >= 0.6 is 11.3 Å². The molecule has 0 saturated heterocycles. The summed E-state index contributed by atoms with van der Waals surface area (Å²) in [7, 11) is 0. The van der Waals surface area contributed by atoms with Crippen LogP contribution in [0, 0.1) is 5.82 Å². The lowest BCUT2D eigenvalue weighted by Gasteiger charge is -2.41. The molecule has 5 nitrogen and oxygen atoms in total. The van der Waals surface area contributed by atoms with Crippen molar-refractivity contribution in [2.45, 2.75) is 43.2 Å². The number of fused-ring (bicyclic) bond motifs is 3. The highest BCUT2D eigenvalue weighted by Gasteiger charge is 2.62. The van der Waals surface area contributed by atoms with Crippen molar-refractivity contribution in [3.63, 3.8) is 0 Å². The number of carbonyl (C=O) groups excluding carboxylic acids is 1. The van der Waals surface area contributed by atoms with E-state index in [4.69, 9.17) is 0 Å². The third kappa shape index (κ3) is 2.18. The van der Waals surface area contributed by atoms with Gasteiger partial charge in [-0.15, -0.1) is 0 Å². The summed E-state index contributed by atoms with van der Waals surface area (Å²) in [5, 5.41) is 4.42. The van der Waals surface area contributed by atoms with Gasteiger partial charge in [0.25, 0.3) is 0 Å². The van der Waals surface area contributed by atoms with Gasteiger partial charge in [-0.05, 0) is 43.9 Å². The molecule has 3 aliphatic rings. The highest BCUT2D eigenvalue weighted by molar-refractivity contribution is 7.22. The molecule has 1 amide bonds. The number of para-hydroxylation sites is 1. The van der Waals surface area contributed by atoms with Gasteiger partial charge in [0, 0.05) is 17.6 Å². The van der Waals surface area contributed by atoms with Crippen LogP contribution in [-0.4, -0.2) is 28.0 Å². The number of hydrogen-bond acceptors (Lipinski definition) is 5. The Morgan fingerprint density at radius 1 is 1.26 bits per heavy atom. The molecular weight excluding hydrogens is 363 g/mol. The van der Waals surface area contributed by atoms with Gasteiger partial charge in [-0.2, -0.15) is 0 Å². The van der Waals surface area contributed by atoms with Gasteiger partial charge in [-0.1, -0.05) is 23.5 Å². The minimum absolute atomic E-state index is 0.110. The summed E-state index contributed by atoms with van der Waals surface area (Å²) in [6.07, 6.45) is 4.55. The number of anilines is 2. The predicted octanol–water partition coefficient (Wildman–Crippen LogP) is 3.85. The Bertz CT molecular complexity index is 1050. The van der Waals surface area contributed by atoms with Gasteiger partial charge in [0.15, 0.2) is 5.13 Å². The molecule has 0 unspecified atom stereocenters. The molecule has 1 aliphatic heterocycles. The molecule has 0 radical (unpaired) electrons. The fourth-order valence-electron chi connectivity index (χ4n) is 4.39. The van der Waals surface area contributed by atoms with E-state index >= 15 is 0 Å². The molecule has 1 aromatic carbocycles. The summed E-state index contributed by atoms with van der Waals surface area (Å²) in [5.41, 5.74) is 1.30. The molecule has 6 rings (SSSR count). The number of pyridine rings is 1. The number of nitrogens with one attached hydrogen (secondary N) is 1. The number of thiazole rings is 1. The summed E-state index contributed by atoms with van der Waals surface area (Å²) in [4.78, 5) is 23.7. The van der Waals surface area contributed by atoms with Gasteiger partial charge in [0.1, 0.15) is 11.6 Å². The van der Waals surface area contributed by atoms with E-state index in [1.54, 1.807) is 11.3 Å². The van der Waals surface area contributed by atoms with Crippen molar-refractivity contribution in [3.05, 3.63) is 47.9 Å². The minimum Gasteiger partial charge on any atom is -0.359 e. The van der Waals surface area contributed by atoms with Crippen LogP contribution in [0.25, 0.3) is 10.2 Å². The van der Waals surface area contributed by atoms with Crippen molar-refractivity contribution < 1.29 is 9.18 Å². The fourth-order valence-corrected chi connectivity index (χ4v) is 5.33. The molecule has 27 heavy (non-hydrogen) atoms. The molecule has 2 fully saturated rings. The zero-order valence-electron chi connectivity index (χ0n) is 14.5. The number of nitrogens with zero attached hydrogens (tertiary/aromatic N) is 3. The average Bonchev–Trinajstić information content (AvgIpc) is 3.28. The van der Waals surface area contributed by atoms with Crippen LogP contribution in [0.1, 0.15) is 31.2 Å². The van der Waals surface area contributed by atoms with Crippen molar-refractivity contribution in [1.29, 1.82) is 0 Å². The maximum absolute atomic E-state index is 13.7. The molecule has 3 heterocycles. The van der Waals surface area contributed by atoms with Crippen molar-refractivity contribution in [2.24, 2.45) is 0 Å². The number of rotatable bonds is 3. The zero-order chi connectivity index (χ0) is 18.2. The Hall–Kier alpha value is -2.54. The molecule has 0 bridgehead atoms. The first-order chi connectivity index (χ1) is 13.1. The number of benzene rings is 1. The summed E-state index contributed by atoms with van der Waals surface area (Å²) < 4.78 is 14.8. The van der Waals surface area contributed by atoms with Crippen LogP contribution in [0.15, 0.2) is 36.5 Å². The van der Waals surface area contributed by atoms with Crippen LogP contribution in [-0.2, 0) is 10.2 Å². The third-order valence-corrected chi connectivity index (χ3v) is 7.02. The Labute approximate surface area is 159 Å². The fraction of sp³-hybridized carbons (Fsp3) is 0.350. The number of halogens is 1. The van der Waals surface area contributed by atoms with Crippen LogP contribution < -0.4 is 10.2 Å². The quantitative estimate of drug-likeness (QED) is 0.750. The first-order valence-electron chi connectivity index (χ1n) is 9.26. The molecule has 1 spiro atoms. The minimum atomic E-state index is -0.490. The zero-order valence-corrected chi connectivity index (χ0v) is 15.3. The van der Waals surface area contributed by atoms with Gasteiger partial charge < -0.3 is 5.32 Å². The molecule has 2 aliphatic carbocycles. The highest BCUT2D eigenvalue weighted by Crippen LogP contribution is 2.58. The highest BCUT2D eigenvalue weighted by atomic mass is 32.1. The maximum Gasteiger partial charge on any atom is 0.239 e. The standard InChI is InChI=1S/C20H17FN4OS/c21-11-7-14-17(22-10-11)25(18(26)20(14)5-6-20)13-8-12(9-13)23-19-24-15-3-1-2-4-16(15)27-19/h1-4,7,10,12-13H,5-6,8-9H2,(H,23,24)/t12-,13-. The van der Waals surface area contributed by atoms with Crippen LogP contribution in [0.2, 0.25) is 0 Å². The van der Waals surface area contributed by atoms with Gasteiger partial charge >= 0.3 is 0 Å². The molecule has 3 aromatic rings. The second-order valence-corrected chi connectivity index (χ2v) is 8.77. The summed E-state index contributed by atoms with van der Waals surface area (Å²) in [5.74, 6) is 0.417. The molecule has 7 heteroatoms. The van der Waals surface area contributed by atoms with E-state index in [9.17, 15) is 9.18 Å². The van der Waals surface area contributed by atoms with Gasteiger partial charge in [0.2, 0.25) is 5.91 Å². The second kappa shape index (κ2) is 5.25. The molecule has 1 N–H and O–H groups in total. The predicted molar refractivity (Wildman–Crippen MR) is 103 cm³/mol. The van der Waals surface area contributed by atoms with Gasteiger partial charge in [0.05, 0.1) is 21.8 Å². The monoisotopic (exact) mass is 380 g/mol. The van der Waals surface area contributed by atoms with E-state index in [-0.39, 0.29) is 17.8 Å². The van der Waals surface area contributed by atoms with Crippen LogP contribution in [0.5, 0.6) is 0 Å². The maximum atomic E-state index is 13.7. The lowest BCUT2D eigenvalue weighted by molar-refractivity contribution is -0.121. The van der Waals surface area contributed by atoms with Gasteiger partial charge in [-0.3, -0.25) is 9.69 Å². The Morgan fingerprint density at radius 3 is 2.85 bits per heavy atom. The lowest BCUT2D eigenvalue weighted by Crippen LogP contribution is -2.52. The molecule has 136 valence electrons. The lowest BCUT2D eigenvalue weighted by atomic mass is 9.85. The summed E-state index contributed by atoms with van der Waals surface area (Å²) in [6.45, 7) is 0. The van der Waals surface area contributed by atoms with Crippen molar-refractivity contribution in [2.75, 3.05) is 10.2 Å². The average molecular weight is 380 g/mol. The number of hydrogen-bond donors (Lipinski definition) is 1. The first kappa shape index (κ1) is 15.5. The Morgan fingerprint density at radius 2 is 2.07 bits per heavy atom. The SMILES string of the molecule is O=C1N([C@H]2C[C@H](Nc3nc4ccccc4s3)C2)c2ncc(F)cc2C12CC2. The van der Waals surface area contributed by atoms with Crippen LogP contribution in [0.4, 0.5) is 15.3 Å². The third-order valence-electron chi connectivity index (χ3n) is 6.06. The van der Waals surface area contributed by atoms with Crippen molar-refractivity contribution in [3.8, 4) is 0 Å². The van der Waals surface area contributed by atoms with Crippen molar-refractivity contribution >= 4 is 38.4 Å². The van der Waals surface area contributed by atoms with E-state index in [0.717, 1.165) is 41.9 Å². The van der Waals surface area contributed by atoms with Crippen molar-refractivity contribution in [1.82, 2.24) is 9.97 Å². The molecule has 0 atom stereocenters. The van der Waals surface area contributed by atoms with E-state index < -0.39 is 5.41 Å². The summed E-state index contributed by atoms with van der Waals surface area (Å²) >= 11 is 1.65. The topological polar surface area (TPSA) is 58.1 Å². The number of carbonyl (C=O) groups is 1. The van der Waals surface area contributed by atoms with E-state index in [1.165, 1.54) is 17.0 Å². The Kier molecular flexibility index (Phi) is 3.02. The molecule has 2 aromatic heterocycles. The number of aromatic nitrogens is 2. The molecule has 2 saturated carbocycles. The second-order valence-electron chi connectivity index (χ2n) is 7.74.